The first-order chi connectivity index (χ1) is 7.59. The molecule has 1 aliphatic carbocycles. The van der Waals surface area contributed by atoms with Crippen LogP contribution >= 0.6 is 0 Å². The van der Waals surface area contributed by atoms with Gasteiger partial charge in [-0.2, -0.15) is 0 Å². The fraction of sp³-hybridized carbons (Fsp3) is 0.769. The molecule has 3 heteroatoms. The van der Waals surface area contributed by atoms with Crippen molar-refractivity contribution in [1.29, 1.82) is 0 Å². The topological polar surface area (TPSA) is 38.0 Å². The first-order valence-electron chi connectivity index (χ1n) is 6.32. The number of hydrogen-bond acceptors (Lipinski definition) is 2. The van der Waals surface area contributed by atoms with Gasteiger partial charge in [0.05, 0.1) is 18.3 Å². The molecule has 1 N–H and O–H groups in total. The molecule has 1 aliphatic rings. The molecule has 3 nitrogen and oxygen atoms in total. The minimum absolute atomic E-state index is 0.265. The third kappa shape index (κ3) is 2.14. The van der Waals surface area contributed by atoms with Gasteiger partial charge in [-0.3, -0.25) is 0 Å². The second kappa shape index (κ2) is 4.58. The maximum Gasteiger partial charge on any atom is 0.106 e. The van der Waals surface area contributed by atoms with Crippen LogP contribution in [0, 0.1) is 12.8 Å². The van der Waals surface area contributed by atoms with E-state index < -0.39 is 0 Å². The predicted molar refractivity (Wildman–Crippen MR) is 64.5 cm³/mol. The summed E-state index contributed by atoms with van der Waals surface area (Å²) in [5, 5.41) is 9.98. The van der Waals surface area contributed by atoms with Crippen molar-refractivity contribution in [1.82, 2.24) is 9.55 Å². The molecule has 0 amide bonds. The van der Waals surface area contributed by atoms with Crippen molar-refractivity contribution >= 4 is 0 Å². The van der Waals surface area contributed by atoms with Crippen molar-refractivity contribution in [3.63, 3.8) is 0 Å². The molecule has 1 atom stereocenters. The van der Waals surface area contributed by atoms with Gasteiger partial charge < -0.3 is 9.67 Å². The van der Waals surface area contributed by atoms with Gasteiger partial charge in [0, 0.05) is 5.69 Å². The van der Waals surface area contributed by atoms with E-state index in [1.807, 2.05) is 6.92 Å². The van der Waals surface area contributed by atoms with Gasteiger partial charge in [0.1, 0.15) is 5.82 Å². The van der Waals surface area contributed by atoms with Crippen LogP contribution < -0.4 is 0 Å². The third-order valence-electron chi connectivity index (χ3n) is 3.56. The average Bonchev–Trinajstić information content (AvgIpc) is 2.55. The van der Waals surface area contributed by atoms with Crippen LogP contribution in [0.3, 0.4) is 0 Å². The van der Waals surface area contributed by atoms with Crippen molar-refractivity contribution < 1.29 is 5.11 Å². The summed E-state index contributed by atoms with van der Waals surface area (Å²) in [6.45, 7) is 6.87. The molecule has 1 aromatic heterocycles. The summed E-state index contributed by atoms with van der Waals surface area (Å²) in [5.41, 5.74) is 2.63. The Bertz CT molecular complexity index is 368. The summed E-state index contributed by atoms with van der Waals surface area (Å²) < 4.78 is 2.22. The van der Waals surface area contributed by atoms with Crippen molar-refractivity contribution in [3.05, 3.63) is 17.2 Å². The van der Waals surface area contributed by atoms with E-state index in [9.17, 15) is 5.11 Å². The zero-order valence-corrected chi connectivity index (χ0v) is 10.5. The van der Waals surface area contributed by atoms with Gasteiger partial charge in [-0.05, 0) is 38.5 Å². The maximum absolute atomic E-state index is 9.98. The first kappa shape index (κ1) is 11.6. The van der Waals surface area contributed by atoms with E-state index in [4.69, 9.17) is 0 Å². The molecular weight excluding hydrogens is 200 g/mol. The summed E-state index contributed by atoms with van der Waals surface area (Å²) in [6, 6.07) is 0. The van der Waals surface area contributed by atoms with E-state index in [1.54, 1.807) is 0 Å². The van der Waals surface area contributed by atoms with Crippen LogP contribution in [0.2, 0.25) is 0 Å². The van der Waals surface area contributed by atoms with Crippen LogP contribution in [0.1, 0.15) is 43.9 Å². The molecule has 0 bridgehead atoms. The molecule has 0 fully saturated rings. The fourth-order valence-electron chi connectivity index (χ4n) is 2.38. The monoisotopic (exact) mass is 222 g/mol. The van der Waals surface area contributed by atoms with Gasteiger partial charge >= 0.3 is 0 Å². The van der Waals surface area contributed by atoms with Crippen molar-refractivity contribution in [2.24, 2.45) is 5.92 Å². The van der Waals surface area contributed by atoms with Crippen LogP contribution in [-0.4, -0.2) is 20.8 Å². The standard InChI is InChI=1S/C13H22N2O/c1-9(2)13(16)8-15-10(3)14-11-6-4-5-7-12(11)15/h9,13,16H,4-8H2,1-3H3. The highest BCUT2D eigenvalue weighted by Gasteiger charge is 2.20. The van der Waals surface area contributed by atoms with E-state index in [2.05, 4.69) is 23.4 Å². The van der Waals surface area contributed by atoms with E-state index in [0.29, 0.717) is 12.5 Å². The smallest absolute Gasteiger partial charge is 0.106 e. The fourth-order valence-corrected chi connectivity index (χ4v) is 2.38. The summed E-state index contributed by atoms with van der Waals surface area (Å²) in [5.74, 6) is 1.37. The molecule has 0 radical (unpaired) electrons. The van der Waals surface area contributed by atoms with Gasteiger partial charge in [0.25, 0.3) is 0 Å². The largest absolute Gasteiger partial charge is 0.391 e. The summed E-state index contributed by atoms with van der Waals surface area (Å²) >= 11 is 0. The Kier molecular flexibility index (Phi) is 3.33. The molecule has 0 spiro atoms. The minimum Gasteiger partial charge on any atom is -0.391 e. The zero-order valence-electron chi connectivity index (χ0n) is 10.5. The van der Waals surface area contributed by atoms with Gasteiger partial charge in [0.15, 0.2) is 0 Å². The molecule has 0 saturated carbocycles. The lowest BCUT2D eigenvalue weighted by Gasteiger charge is -2.19. The number of hydrogen-bond donors (Lipinski definition) is 1. The molecule has 1 aromatic rings. The molecule has 1 unspecified atom stereocenters. The van der Waals surface area contributed by atoms with E-state index in [-0.39, 0.29) is 6.10 Å². The average molecular weight is 222 g/mol. The predicted octanol–water partition coefficient (Wildman–Crippen LogP) is 2.09. The SMILES string of the molecule is Cc1nc2c(n1CC(O)C(C)C)CCCC2. The molecule has 90 valence electrons. The molecule has 1 heterocycles. The van der Waals surface area contributed by atoms with Crippen LogP contribution in [0.15, 0.2) is 0 Å². The quantitative estimate of drug-likeness (QED) is 0.850. The van der Waals surface area contributed by atoms with Crippen molar-refractivity contribution in [2.45, 2.75) is 59.1 Å². The van der Waals surface area contributed by atoms with Crippen molar-refractivity contribution in [3.8, 4) is 0 Å². The number of nitrogens with zero attached hydrogens (tertiary/aromatic N) is 2. The van der Waals surface area contributed by atoms with E-state index >= 15 is 0 Å². The molecule has 16 heavy (non-hydrogen) atoms. The summed E-state index contributed by atoms with van der Waals surface area (Å²) in [6.07, 6.45) is 4.49. The molecule has 0 aromatic carbocycles. The van der Waals surface area contributed by atoms with Crippen LogP contribution in [-0.2, 0) is 19.4 Å². The van der Waals surface area contributed by atoms with Crippen LogP contribution in [0.4, 0.5) is 0 Å². The summed E-state index contributed by atoms with van der Waals surface area (Å²) in [4.78, 5) is 4.62. The normalized spacial score (nSPS) is 17.6. The molecule has 0 aliphatic heterocycles. The lowest BCUT2D eigenvalue weighted by molar-refractivity contribution is 0.105. The van der Waals surface area contributed by atoms with Crippen LogP contribution in [0.5, 0.6) is 0 Å². The Balaban J connectivity index is 2.23. The van der Waals surface area contributed by atoms with E-state index in [0.717, 1.165) is 18.7 Å². The summed E-state index contributed by atoms with van der Waals surface area (Å²) in [7, 11) is 0. The lowest BCUT2D eigenvalue weighted by Crippen LogP contribution is -2.24. The first-order valence-corrected chi connectivity index (χ1v) is 6.32. The molecule has 2 rings (SSSR count). The molecule has 0 saturated heterocycles. The maximum atomic E-state index is 9.98. The minimum atomic E-state index is -0.265. The Labute approximate surface area is 97.5 Å². The second-order valence-corrected chi connectivity index (χ2v) is 5.18. The van der Waals surface area contributed by atoms with Crippen molar-refractivity contribution in [2.75, 3.05) is 0 Å². The Hall–Kier alpha value is -0.830. The number of imidazole rings is 1. The number of rotatable bonds is 3. The molecular formula is C13H22N2O. The van der Waals surface area contributed by atoms with Gasteiger partial charge in [0.2, 0.25) is 0 Å². The van der Waals surface area contributed by atoms with E-state index in [1.165, 1.54) is 24.2 Å². The van der Waals surface area contributed by atoms with Gasteiger partial charge in [-0.15, -0.1) is 0 Å². The number of aliphatic hydroxyl groups is 1. The number of aliphatic hydroxyl groups excluding tert-OH is 1. The zero-order chi connectivity index (χ0) is 11.7. The highest BCUT2D eigenvalue weighted by Crippen LogP contribution is 2.22. The van der Waals surface area contributed by atoms with Gasteiger partial charge in [-0.1, -0.05) is 13.8 Å². The van der Waals surface area contributed by atoms with Crippen LogP contribution in [0.25, 0.3) is 0 Å². The number of fused-ring (bicyclic) bond motifs is 1. The number of aromatic nitrogens is 2. The third-order valence-corrected chi connectivity index (χ3v) is 3.56. The lowest BCUT2D eigenvalue weighted by atomic mass is 10.0. The Morgan fingerprint density at radius 3 is 2.69 bits per heavy atom. The highest BCUT2D eigenvalue weighted by atomic mass is 16.3. The second-order valence-electron chi connectivity index (χ2n) is 5.18. The Morgan fingerprint density at radius 2 is 2.00 bits per heavy atom. The Morgan fingerprint density at radius 1 is 1.31 bits per heavy atom. The highest BCUT2D eigenvalue weighted by molar-refractivity contribution is 5.20. The number of aryl methyl sites for hydroxylation is 2. The van der Waals surface area contributed by atoms with Gasteiger partial charge in [-0.25, -0.2) is 4.98 Å².